The molecule has 13 rings (SSSR count). The number of hydrogen-bond donors (Lipinski definition) is 4. The Balaban J connectivity index is 0.789. The SMILES string of the molecule is O=C(Nc1ccc2nc(-c3ccc(-c4nc5ccc(NC(=O)C67CC8CC(CC(C8)C6)C7)cc5[nH]4)cc3)[nH]c2c1)C12CC3CC(CC(C3)C1)C2. The van der Waals surface area contributed by atoms with E-state index in [0.29, 0.717) is 0 Å². The van der Waals surface area contributed by atoms with E-state index in [9.17, 15) is 9.59 Å². The van der Waals surface area contributed by atoms with Crippen molar-refractivity contribution in [1.82, 2.24) is 19.9 Å². The molecule has 8 aliphatic rings. The van der Waals surface area contributed by atoms with Gasteiger partial charge in [0.2, 0.25) is 11.8 Å². The Labute approximate surface area is 291 Å². The van der Waals surface area contributed by atoms with Crippen molar-refractivity contribution >= 4 is 45.3 Å². The summed E-state index contributed by atoms with van der Waals surface area (Å²) in [7, 11) is 0. The van der Waals surface area contributed by atoms with Crippen LogP contribution in [-0.2, 0) is 9.59 Å². The van der Waals surface area contributed by atoms with Crippen LogP contribution in [-0.4, -0.2) is 31.8 Å². The fraction of sp³-hybridized carbons (Fsp3) is 0.476. The van der Waals surface area contributed by atoms with E-state index in [-0.39, 0.29) is 22.6 Å². The number of amides is 2. The molecular weight excluding hydrogens is 621 g/mol. The van der Waals surface area contributed by atoms with Crippen LogP contribution in [0, 0.1) is 46.3 Å². The molecule has 8 bridgehead atoms. The molecule has 3 aromatic carbocycles. The third-order valence-electron chi connectivity index (χ3n) is 14.0. The van der Waals surface area contributed by atoms with E-state index >= 15 is 0 Å². The Kier molecular flexibility index (Phi) is 6.17. The first-order chi connectivity index (χ1) is 24.3. The highest BCUT2D eigenvalue weighted by atomic mass is 16.2. The predicted molar refractivity (Wildman–Crippen MR) is 195 cm³/mol. The van der Waals surface area contributed by atoms with Gasteiger partial charge in [-0.15, -0.1) is 0 Å². The second-order valence-electron chi connectivity index (χ2n) is 17.5. The Hall–Kier alpha value is -4.46. The molecule has 0 unspecified atom stereocenters. The molecule has 0 atom stereocenters. The van der Waals surface area contributed by atoms with E-state index in [1.165, 1.54) is 38.5 Å². The van der Waals surface area contributed by atoms with Crippen molar-refractivity contribution in [2.75, 3.05) is 10.6 Å². The average Bonchev–Trinajstić information content (AvgIpc) is 3.71. The lowest BCUT2D eigenvalue weighted by atomic mass is 9.49. The maximum atomic E-state index is 13.6. The van der Waals surface area contributed by atoms with Gasteiger partial charge in [0, 0.05) is 22.5 Å². The van der Waals surface area contributed by atoms with Gasteiger partial charge in [0.25, 0.3) is 0 Å². The zero-order valence-corrected chi connectivity index (χ0v) is 28.4. The molecule has 5 aromatic rings. The highest BCUT2D eigenvalue weighted by Gasteiger charge is 2.55. The molecule has 0 aliphatic heterocycles. The van der Waals surface area contributed by atoms with Crippen molar-refractivity contribution in [2.45, 2.75) is 77.0 Å². The van der Waals surface area contributed by atoms with Crippen molar-refractivity contribution in [2.24, 2.45) is 46.3 Å². The Morgan fingerprint density at radius 2 is 0.860 bits per heavy atom. The molecule has 4 N–H and O–H groups in total. The first-order valence-electron chi connectivity index (χ1n) is 19.1. The van der Waals surface area contributed by atoms with Crippen LogP contribution >= 0.6 is 0 Å². The Morgan fingerprint density at radius 3 is 1.20 bits per heavy atom. The third-order valence-corrected chi connectivity index (χ3v) is 14.0. The van der Waals surface area contributed by atoms with Gasteiger partial charge in [0.15, 0.2) is 0 Å². The number of rotatable bonds is 6. The van der Waals surface area contributed by atoms with E-state index in [0.717, 1.165) is 130 Å². The van der Waals surface area contributed by atoms with Gasteiger partial charge in [-0.2, -0.15) is 0 Å². The van der Waals surface area contributed by atoms with Crippen LogP contribution in [0.3, 0.4) is 0 Å². The van der Waals surface area contributed by atoms with Crippen LogP contribution < -0.4 is 10.6 Å². The number of imidazole rings is 2. The van der Waals surface area contributed by atoms with Crippen LogP contribution in [0.5, 0.6) is 0 Å². The zero-order chi connectivity index (χ0) is 33.2. The normalized spacial score (nSPS) is 33.4. The summed E-state index contributed by atoms with van der Waals surface area (Å²) in [4.78, 5) is 44.0. The highest BCUT2D eigenvalue weighted by molar-refractivity contribution is 5.98. The number of anilines is 2. The van der Waals surface area contributed by atoms with Gasteiger partial charge in [-0.25, -0.2) is 9.97 Å². The smallest absolute Gasteiger partial charge is 0.230 e. The molecule has 2 amide bonds. The minimum atomic E-state index is -0.170. The van der Waals surface area contributed by atoms with Crippen molar-refractivity contribution in [1.29, 1.82) is 0 Å². The average molecular weight is 665 g/mol. The first-order valence-corrected chi connectivity index (χ1v) is 19.1. The lowest BCUT2D eigenvalue weighted by Gasteiger charge is -2.55. The number of fused-ring (bicyclic) bond motifs is 2. The first kappa shape index (κ1) is 29.3. The number of carbonyl (C=O) groups excluding carboxylic acids is 2. The molecule has 8 nitrogen and oxygen atoms in total. The Bertz CT molecular complexity index is 1970. The van der Waals surface area contributed by atoms with Crippen LogP contribution in [0.4, 0.5) is 11.4 Å². The summed E-state index contributed by atoms with van der Waals surface area (Å²) in [6.45, 7) is 0. The number of hydrogen-bond acceptors (Lipinski definition) is 4. The van der Waals surface area contributed by atoms with Gasteiger partial charge in [-0.05, 0) is 149 Å². The molecule has 2 heterocycles. The van der Waals surface area contributed by atoms with Gasteiger partial charge in [0.1, 0.15) is 11.6 Å². The van der Waals surface area contributed by atoms with Crippen molar-refractivity contribution in [3.63, 3.8) is 0 Å². The van der Waals surface area contributed by atoms with Crippen LogP contribution in [0.2, 0.25) is 0 Å². The molecule has 8 aliphatic carbocycles. The highest BCUT2D eigenvalue weighted by Crippen LogP contribution is 2.61. The zero-order valence-electron chi connectivity index (χ0n) is 28.4. The summed E-state index contributed by atoms with van der Waals surface area (Å²) >= 11 is 0. The molecule has 2 aromatic heterocycles. The van der Waals surface area contributed by atoms with E-state index < -0.39 is 0 Å². The molecule has 8 saturated carbocycles. The van der Waals surface area contributed by atoms with E-state index in [1.807, 2.05) is 36.4 Å². The van der Waals surface area contributed by atoms with Gasteiger partial charge in [0.05, 0.1) is 32.9 Å². The summed E-state index contributed by atoms with van der Waals surface area (Å²) in [5.41, 5.74) is 6.87. The number of nitrogens with zero attached hydrogens (tertiary/aromatic N) is 2. The second-order valence-corrected chi connectivity index (χ2v) is 17.5. The fourth-order valence-electron chi connectivity index (χ4n) is 12.5. The van der Waals surface area contributed by atoms with Gasteiger partial charge >= 0.3 is 0 Å². The number of H-pyrrole nitrogens is 2. The van der Waals surface area contributed by atoms with Crippen LogP contribution in [0.15, 0.2) is 60.7 Å². The minimum Gasteiger partial charge on any atom is -0.338 e. The number of carbonyl (C=O) groups is 2. The largest absolute Gasteiger partial charge is 0.338 e. The van der Waals surface area contributed by atoms with Crippen LogP contribution in [0.25, 0.3) is 44.8 Å². The van der Waals surface area contributed by atoms with Crippen molar-refractivity contribution < 1.29 is 9.59 Å². The predicted octanol–water partition coefficient (Wildman–Crippen LogP) is 9.08. The van der Waals surface area contributed by atoms with Crippen LogP contribution in [0.1, 0.15) is 77.0 Å². The summed E-state index contributed by atoms with van der Waals surface area (Å²) < 4.78 is 0. The molecule has 8 fully saturated rings. The monoisotopic (exact) mass is 664 g/mol. The van der Waals surface area contributed by atoms with Gasteiger partial charge in [-0.1, -0.05) is 24.3 Å². The maximum absolute atomic E-state index is 13.6. The third kappa shape index (κ3) is 4.70. The molecule has 254 valence electrons. The van der Waals surface area contributed by atoms with E-state index in [4.69, 9.17) is 9.97 Å². The minimum absolute atomic E-state index is 0.170. The summed E-state index contributed by atoms with van der Waals surface area (Å²) in [5.74, 6) is 6.47. The molecular formula is C42H44N6O2. The quantitative estimate of drug-likeness (QED) is 0.145. The lowest BCUT2D eigenvalue weighted by molar-refractivity contribution is -0.141. The second kappa shape index (κ2) is 10.5. The van der Waals surface area contributed by atoms with E-state index in [2.05, 4.69) is 44.9 Å². The lowest BCUT2D eigenvalue weighted by Crippen LogP contribution is -2.51. The maximum Gasteiger partial charge on any atom is 0.230 e. The van der Waals surface area contributed by atoms with Gasteiger partial charge in [-0.3, -0.25) is 9.59 Å². The topological polar surface area (TPSA) is 116 Å². The fourth-order valence-corrected chi connectivity index (χ4v) is 12.5. The molecule has 50 heavy (non-hydrogen) atoms. The molecule has 0 saturated heterocycles. The summed E-state index contributed by atoms with van der Waals surface area (Å²) in [6, 6.07) is 20.2. The number of nitrogens with one attached hydrogen (secondary N) is 4. The number of benzene rings is 3. The summed E-state index contributed by atoms with van der Waals surface area (Å²) in [5, 5.41) is 6.60. The Morgan fingerprint density at radius 1 is 0.520 bits per heavy atom. The van der Waals surface area contributed by atoms with Crippen molar-refractivity contribution in [3.8, 4) is 22.8 Å². The summed E-state index contributed by atoms with van der Waals surface area (Å²) in [6.07, 6.45) is 14.4. The molecule has 8 heteroatoms. The van der Waals surface area contributed by atoms with Gasteiger partial charge < -0.3 is 20.6 Å². The standard InChI is InChI=1S/C42H44N6O2/c49-39(41-17-23-9-24(18-41)11-25(10-23)19-41)43-31-5-7-33-35(15-31)47-37(45-33)29-1-2-30(4-3-29)38-46-34-8-6-32(16-36(34)48-38)44-40(50)42-20-26-12-27(21-42)14-28(13-26)22-42/h1-8,15-16,23-28H,9-14,17-22H2,(H,43,49)(H,44,50)(H,45,47)(H,46,48). The molecule has 0 spiro atoms. The van der Waals surface area contributed by atoms with E-state index in [1.54, 1.807) is 0 Å². The number of aromatic amines is 2. The molecule has 0 radical (unpaired) electrons. The number of aromatic nitrogens is 4. The van der Waals surface area contributed by atoms with Crippen molar-refractivity contribution in [3.05, 3.63) is 60.7 Å².